The molecule has 0 aromatic carbocycles. The summed E-state index contributed by atoms with van der Waals surface area (Å²) in [5.74, 6) is -1.64. The molecule has 1 atom stereocenters. The summed E-state index contributed by atoms with van der Waals surface area (Å²) < 4.78 is 0. The van der Waals surface area contributed by atoms with E-state index < -0.39 is 24.5 Å². The minimum absolute atomic E-state index is 0.123. The van der Waals surface area contributed by atoms with Gasteiger partial charge >= 0.3 is 12.0 Å². The third kappa shape index (κ3) is 4.69. The number of carboxylic acids is 1. The number of nitrogens with zero attached hydrogens (tertiary/aromatic N) is 1. The molecule has 0 radical (unpaired) electrons. The molecule has 20 heavy (non-hydrogen) atoms. The van der Waals surface area contributed by atoms with E-state index in [1.54, 1.807) is 0 Å². The number of carbonyl (C=O) groups excluding carboxylic acids is 2. The zero-order chi connectivity index (χ0) is 14.5. The van der Waals surface area contributed by atoms with Gasteiger partial charge in [0, 0.05) is 25.2 Å². The van der Waals surface area contributed by atoms with Gasteiger partial charge in [-0.25, -0.2) is 4.79 Å². The number of nitrogens with one attached hydrogen (secondary N) is 3. The van der Waals surface area contributed by atoms with Crippen molar-refractivity contribution in [2.24, 2.45) is 0 Å². The molecular weight excluding hydrogens is 264 g/mol. The molecule has 0 spiro atoms. The quantitative estimate of drug-likeness (QED) is 0.486. The Morgan fingerprint density at radius 1 is 1.10 bits per heavy atom. The fraction of sp³-hybridized carbons (Fsp3) is 0.750. The van der Waals surface area contributed by atoms with Crippen LogP contribution < -0.4 is 16.0 Å². The number of carboxylic acid groups (broad SMARTS) is 1. The maximum absolute atomic E-state index is 11.6. The lowest BCUT2D eigenvalue weighted by Gasteiger charge is -2.16. The lowest BCUT2D eigenvalue weighted by atomic mass is 10.3. The van der Waals surface area contributed by atoms with Crippen molar-refractivity contribution in [3.05, 3.63) is 0 Å². The van der Waals surface area contributed by atoms with Crippen LogP contribution in [0.5, 0.6) is 0 Å². The number of aliphatic carboxylic acids is 1. The number of likely N-dealkylation sites (tertiary alicyclic amines) is 1. The molecule has 1 aliphatic carbocycles. The summed E-state index contributed by atoms with van der Waals surface area (Å²) in [6, 6.07) is 0.433. The summed E-state index contributed by atoms with van der Waals surface area (Å²) in [5.41, 5.74) is 0. The number of rotatable bonds is 6. The predicted octanol–water partition coefficient (Wildman–Crippen LogP) is -1.28. The van der Waals surface area contributed by atoms with Crippen LogP contribution in [-0.4, -0.2) is 66.2 Å². The summed E-state index contributed by atoms with van der Waals surface area (Å²) in [7, 11) is 0. The molecule has 1 aliphatic heterocycles. The van der Waals surface area contributed by atoms with Crippen LogP contribution in [0.1, 0.15) is 19.3 Å². The van der Waals surface area contributed by atoms with Gasteiger partial charge in [-0.1, -0.05) is 0 Å². The first kappa shape index (κ1) is 14.6. The van der Waals surface area contributed by atoms with Gasteiger partial charge in [0.25, 0.3) is 0 Å². The van der Waals surface area contributed by atoms with Crippen LogP contribution in [-0.2, 0) is 9.59 Å². The summed E-state index contributed by atoms with van der Waals surface area (Å²) in [5, 5.41) is 15.8. The SMILES string of the molecule is O=C(O)CNC(=O)CNC(=O)NC1CCN(C2CC2)C1. The monoisotopic (exact) mass is 284 g/mol. The zero-order valence-electron chi connectivity index (χ0n) is 11.2. The van der Waals surface area contributed by atoms with Crippen molar-refractivity contribution in [2.75, 3.05) is 26.2 Å². The van der Waals surface area contributed by atoms with E-state index in [1.165, 1.54) is 12.8 Å². The smallest absolute Gasteiger partial charge is 0.322 e. The minimum atomic E-state index is -1.12. The van der Waals surface area contributed by atoms with Gasteiger partial charge in [0.05, 0.1) is 6.54 Å². The van der Waals surface area contributed by atoms with Gasteiger partial charge in [-0.2, -0.15) is 0 Å². The predicted molar refractivity (Wildman–Crippen MR) is 70.2 cm³/mol. The standard InChI is InChI=1S/C12H20N4O4/c17-10(13-6-11(18)19)5-14-12(20)15-8-3-4-16(7-8)9-1-2-9/h8-9H,1-7H2,(H,13,17)(H,18,19)(H2,14,15,20). The normalized spacial score (nSPS) is 22.3. The second kappa shape index (κ2) is 6.56. The van der Waals surface area contributed by atoms with Crippen molar-refractivity contribution in [1.29, 1.82) is 0 Å². The Morgan fingerprint density at radius 3 is 2.50 bits per heavy atom. The van der Waals surface area contributed by atoms with Crippen molar-refractivity contribution < 1.29 is 19.5 Å². The summed E-state index contributed by atoms with van der Waals surface area (Å²) >= 11 is 0. The summed E-state index contributed by atoms with van der Waals surface area (Å²) in [4.78, 5) is 35.4. The molecule has 3 amide bonds. The number of hydrogen-bond donors (Lipinski definition) is 4. The Hall–Kier alpha value is -1.83. The number of carbonyl (C=O) groups is 3. The van der Waals surface area contributed by atoms with Gasteiger partial charge < -0.3 is 21.1 Å². The largest absolute Gasteiger partial charge is 0.480 e. The zero-order valence-corrected chi connectivity index (χ0v) is 11.2. The van der Waals surface area contributed by atoms with Gasteiger partial charge in [-0.15, -0.1) is 0 Å². The van der Waals surface area contributed by atoms with Crippen LogP contribution in [0.25, 0.3) is 0 Å². The van der Waals surface area contributed by atoms with E-state index in [2.05, 4.69) is 20.9 Å². The first-order valence-corrected chi connectivity index (χ1v) is 6.81. The highest BCUT2D eigenvalue weighted by molar-refractivity contribution is 5.86. The van der Waals surface area contributed by atoms with Gasteiger partial charge in [0.15, 0.2) is 0 Å². The lowest BCUT2D eigenvalue weighted by Crippen LogP contribution is -2.47. The molecule has 2 aliphatic rings. The van der Waals surface area contributed by atoms with Crippen molar-refractivity contribution in [3.63, 3.8) is 0 Å². The average Bonchev–Trinajstić information content (AvgIpc) is 3.15. The van der Waals surface area contributed by atoms with E-state index in [0.717, 1.165) is 19.5 Å². The highest BCUT2D eigenvalue weighted by Gasteiger charge is 2.34. The highest BCUT2D eigenvalue weighted by atomic mass is 16.4. The van der Waals surface area contributed by atoms with E-state index in [0.29, 0.717) is 6.04 Å². The Kier molecular flexibility index (Phi) is 4.78. The number of urea groups is 1. The molecule has 8 heteroatoms. The fourth-order valence-corrected chi connectivity index (χ4v) is 2.31. The third-order valence-corrected chi connectivity index (χ3v) is 3.46. The molecule has 1 saturated carbocycles. The Morgan fingerprint density at radius 2 is 1.85 bits per heavy atom. The van der Waals surface area contributed by atoms with E-state index in [-0.39, 0.29) is 12.6 Å². The molecule has 112 valence electrons. The topological polar surface area (TPSA) is 111 Å². The molecule has 8 nitrogen and oxygen atoms in total. The van der Waals surface area contributed by atoms with E-state index in [4.69, 9.17) is 5.11 Å². The Labute approximate surface area is 116 Å². The molecule has 2 rings (SSSR count). The van der Waals surface area contributed by atoms with Crippen LogP contribution >= 0.6 is 0 Å². The van der Waals surface area contributed by atoms with Gasteiger partial charge in [0.2, 0.25) is 5.91 Å². The molecule has 1 saturated heterocycles. The molecule has 4 N–H and O–H groups in total. The summed E-state index contributed by atoms with van der Waals surface area (Å²) in [6.07, 6.45) is 3.43. The molecular formula is C12H20N4O4. The molecule has 1 unspecified atom stereocenters. The second-order valence-electron chi connectivity index (χ2n) is 5.21. The van der Waals surface area contributed by atoms with Crippen LogP contribution in [0.15, 0.2) is 0 Å². The maximum atomic E-state index is 11.6. The van der Waals surface area contributed by atoms with Crippen LogP contribution in [0, 0.1) is 0 Å². The molecule has 0 aromatic heterocycles. The Bertz CT molecular complexity index is 397. The summed E-state index contributed by atoms with van der Waals surface area (Å²) in [6.45, 7) is 1.21. The first-order chi connectivity index (χ1) is 9.54. The highest BCUT2D eigenvalue weighted by Crippen LogP contribution is 2.29. The second-order valence-corrected chi connectivity index (χ2v) is 5.21. The van der Waals surface area contributed by atoms with E-state index >= 15 is 0 Å². The van der Waals surface area contributed by atoms with Crippen molar-refractivity contribution in [3.8, 4) is 0 Å². The van der Waals surface area contributed by atoms with Gasteiger partial charge in [0.1, 0.15) is 6.54 Å². The lowest BCUT2D eigenvalue weighted by molar-refractivity contribution is -0.137. The van der Waals surface area contributed by atoms with Crippen LogP contribution in [0.3, 0.4) is 0 Å². The molecule has 1 heterocycles. The van der Waals surface area contributed by atoms with Crippen molar-refractivity contribution in [1.82, 2.24) is 20.9 Å². The number of amides is 3. The third-order valence-electron chi connectivity index (χ3n) is 3.46. The molecule has 0 bridgehead atoms. The average molecular weight is 284 g/mol. The number of hydrogen-bond acceptors (Lipinski definition) is 4. The van der Waals surface area contributed by atoms with Crippen LogP contribution in [0.2, 0.25) is 0 Å². The van der Waals surface area contributed by atoms with Gasteiger partial charge in [-0.05, 0) is 19.3 Å². The van der Waals surface area contributed by atoms with Crippen molar-refractivity contribution >= 4 is 17.9 Å². The fourth-order valence-electron chi connectivity index (χ4n) is 2.31. The maximum Gasteiger partial charge on any atom is 0.322 e. The molecule has 0 aromatic rings. The Balaban J connectivity index is 1.58. The van der Waals surface area contributed by atoms with Gasteiger partial charge in [-0.3, -0.25) is 14.5 Å². The first-order valence-electron chi connectivity index (χ1n) is 6.81. The van der Waals surface area contributed by atoms with E-state index in [1.807, 2.05) is 0 Å². The van der Waals surface area contributed by atoms with Crippen LogP contribution in [0.4, 0.5) is 4.79 Å². The minimum Gasteiger partial charge on any atom is -0.480 e. The van der Waals surface area contributed by atoms with E-state index in [9.17, 15) is 14.4 Å². The van der Waals surface area contributed by atoms with Crippen molar-refractivity contribution in [2.45, 2.75) is 31.3 Å². The molecule has 2 fully saturated rings.